The van der Waals surface area contributed by atoms with Gasteiger partial charge in [0.1, 0.15) is 62.0 Å². The Kier molecular flexibility index (Phi) is 43.9. The van der Waals surface area contributed by atoms with Crippen LogP contribution >= 0.6 is 0 Å². The molecule has 6 unspecified atom stereocenters. The molecule has 0 aliphatic carbocycles. The summed E-state index contributed by atoms with van der Waals surface area (Å²) >= 11 is 0. The molecule has 2 fully saturated rings. The first-order valence-corrected chi connectivity index (χ1v) is 36.8. The predicted octanol–water partition coefficient (Wildman–Crippen LogP) is 14.8. The number of benzene rings is 2. The summed E-state index contributed by atoms with van der Waals surface area (Å²) in [7, 11) is 0. The monoisotopic (exact) mass is 1320 g/mol. The topological polar surface area (TPSA) is 257 Å². The Bertz CT molecular complexity index is 2000. The number of rotatable bonds is 56. The average molecular weight is 1320 g/mol. The molecule has 2 aliphatic rings. The maximum Gasteiger partial charge on any atom is 0.338 e. The van der Waals surface area contributed by atoms with Crippen LogP contribution in [0.4, 0.5) is 0 Å². The maximum atomic E-state index is 14.1. The van der Waals surface area contributed by atoms with Crippen molar-refractivity contribution in [3.8, 4) is 34.5 Å². The fourth-order valence-electron chi connectivity index (χ4n) is 11.4. The van der Waals surface area contributed by atoms with Gasteiger partial charge in [-0.3, -0.25) is 0 Å². The normalized spacial score (nSPS) is 21.3. The summed E-state index contributed by atoms with van der Waals surface area (Å²) in [5.74, 6) is 0.508. The van der Waals surface area contributed by atoms with Crippen LogP contribution in [0.25, 0.3) is 0 Å². The van der Waals surface area contributed by atoms with Crippen LogP contribution in [0.3, 0.4) is 0 Å². The van der Waals surface area contributed by atoms with Crippen molar-refractivity contribution >= 4 is 11.9 Å². The zero-order valence-corrected chi connectivity index (χ0v) is 58.2. The van der Waals surface area contributed by atoms with Gasteiger partial charge in [0.2, 0.25) is 11.5 Å². The molecule has 0 amide bonds. The van der Waals surface area contributed by atoms with Crippen molar-refractivity contribution < 1.29 is 92.3 Å². The van der Waals surface area contributed by atoms with E-state index in [9.17, 15) is 40.2 Å². The van der Waals surface area contributed by atoms with E-state index in [1.807, 2.05) is 0 Å². The summed E-state index contributed by atoms with van der Waals surface area (Å²) < 4.78 is 67.7. The third kappa shape index (κ3) is 31.3. The molecule has 0 aromatic heterocycles. The molecule has 4 rings (SSSR count). The fraction of sp³-hybridized carbons (Fsp3) is 0.811. The van der Waals surface area contributed by atoms with Crippen molar-refractivity contribution in [1.29, 1.82) is 0 Å². The Morgan fingerprint density at radius 3 is 0.785 bits per heavy atom. The van der Waals surface area contributed by atoms with Crippen molar-refractivity contribution in [3.63, 3.8) is 0 Å². The number of hydrogen-bond acceptors (Lipinski definition) is 19. The molecule has 2 saturated heterocycles. The van der Waals surface area contributed by atoms with Gasteiger partial charge in [-0.2, -0.15) is 0 Å². The van der Waals surface area contributed by atoms with E-state index < -0.39 is 86.6 Å². The minimum Gasteiger partial charge on any atom is -0.490 e. The summed E-state index contributed by atoms with van der Waals surface area (Å²) in [6.45, 7) is 14.2. The first kappa shape index (κ1) is 81.2. The molecule has 19 heteroatoms. The minimum absolute atomic E-state index is 0.0777. The average Bonchev–Trinajstić information content (AvgIpc) is 0.972. The Balaban J connectivity index is 1.52. The third-order valence-corrected chi connectivity index (χ3v) is 17.4. The van der Waals surface area contributed by atoms with Gasteiger partial charge in [0.25, 0.3) is 0 Å². The molecule has 6 N–H and O–H groups in total. The van der Waals surface area contributed by atoms with E-state index in [-0.39, 0.29) is 11.1 Å². The van der Waals surface area contributed by atoms with E-state index in [4.69, 9.17) is 52.1 Å². The number of carbonyl (C=O) groups is 2. The van der Waals surface area contributed by atoms with Gasteiger partial charge in [-0.05, 0) is 62.8 Å². The number of aliphatic hydroxyl groups excluding tert-OH is 6. The number of hydrogen-bond donors (Lipinski definition) is 6. The highest BCUT2D eigenvalue weighted by Crippen LogP contribution is 2.42. The highest BCUT2D eigenvalue weighted by atomic mass is 16.8. The third-order valence-electron chi connectivity index (χ3n) is 17.4. The van der Waals surface area contributed by atoms with Crippen LogP contribution in [0.1, 0.15) is 293 Å². The molecule has 19 nitrogen and oxygen atoms in total. The molecule has 0 bridgehead atoms. The van der Waals surface area contributed by atoms with Crippen LogP contribution in [0.2, 0.25) is 0 Å². The van der Waals surface area contributed by atoms with Gasteiger partial charge in [0, 0.05) is 0 Å². The quantitative estimate of drug-likeness (QED) is 0.0266. The fourth-order valence-corrected chi connectivity index (χ4v) is 11.4. The lowest BCUT2D eigenvalue weighted by molar-refractivity contribution is -0.376. The standard InChI is InChI=1S/C74H126O19/c1-7-13-19-25-31-37-43-83-57-49-55(50-58(84-44-38-32-26-20-14-8-2)69(57)87-47-41-35-29-23-17-11-5)71(81)89-53-61-63(75)65(77)67(79)73(91-61)93-74-68(80)66(78)64(76)62(92-74)54-90-72(82)56-51-59(85-45-39-33-27-21-15-9-3)70(88-48-42-36-30-24-18-12-6)60(52-56)86-46-40-34-28-22-16-10-4/h49-52,61-68,73-80H,7-48,53-54H2,1-6H3/t61-,62?,63?,64-,65?,66?,67?,68?,73-,74+/m1/s1. The highest BCUT2D eigenvalue weighted by molar-refractivity contribution is 5.92. The maximum absolute atomic E-state index is 14.1. The smallest absolute Gasteiger partial charge is 0.338 e. The Hall–Kier alpha value is -4.18. The second-order valence-electron chi connectivity index (χ2n) is 25.7. The van der Waals surface area contributed by atoms with Crippen molar-refractivity contribution in [2.75, 3.05) is 52.9 Å². The second-order valence-corrected chi connectivity index (χ2v) is 25.7. The molecule has 93 heavy (non-hydrogen) atoms. The zero-order valence-electron chi connectivity index (χ0n) is 58.2. The molecule has 2 aliphatic heterocycles. The number of ether oxygens (including phenoxy) is 11. The van der Waals surface area contributed by atoms with Crippen LogP contribution in [-0.4, -0.2) is 157 Å². The van der Waals surface area contributed by atoms with Crippen LogP contribution in [0.15, 0.2) is 24.3 Å². The van der Waals surface area contributed by atoms with E-state index in [1.54, 1.807) is 24.3 Å². The van der Waals surface area contributed by atoms with Gasteiger partial charge in [0.05, 0.1) is 50.8 Å². The molecule has 10 atom stereocenters. The SMILES string of the molecule is CCCCCCCCOc1cc(C(=O)OCC2O[C@@H](O[C@H]3O[C@H](COC(=O)c4cc(OCCCCCCCC)c(OCCCCCCCC)c(OCCCCCCCC)c4)C(O)C(O)C3O)C(O)C(O)[C@@H]2O)cc(OCCCCCCCC)c1OCCCCCCCC. The van der Waals surface area contributed by atoms with E-state index in [1.165, 1.54) is 38.5 Å². The second kappa shape index (κ2) is 50.2. The Morgan fingerprint density at radius 2 is 0.538 bits per heavy atom. The van der Waals surface area contributed by atoms with E-state index in [0.717, 1.165) is 193 Å². The lowest BCUT2D eigenvalue weighted by Crippen LogP contribution is -2.64. The predicted molar refractivity (Wildman–Crippen MR) is 361 cm³/mol. The van der Waals surface area contributed by atoms with Gasteiger partial charge in [-0.1, -0.05) is 234 Å². The van der Waals surface area contributed by atoms with Crippen molar-refractivity contribution in [1.82, 2.24) is 0 Å². The lowest BCUT2D eigenvalue weighted by Gasteiger charge is -2.44. The van der Waals surface area contributed by atoms with Gasteiger partial charge in [-0.15, -0.1) is 0 Å². The van der Waals surface area contributed by atoms with Gasteiger partial charge >= 0.3 is 11.9 Å². The largest absolute Gasteiger partial charge is 0.490 e. The van der Waals surface area contributed by atoms with Gasteiger partial charge in [-0.25, -0.2) is 9.59 Å². The summed E-state index contributed by atoms with van der Waals surface area (Å²) in [6.07, 6.45) is 20.2. The van der Waals surface area contributed by atoms with Crippen molar-refractivity contribution in [2.45, 2.75) is 334 Å². The molecular weight excluding hydrogens is 1190 g/mol. The molecule has 0 spiro atoms. The first-order valence-electron chi connectivity index (χ1n) is 36.8. The summed E-state index contributed by atoms with van der Waals surface area (Å²) in [4.78, 5) is 28.3. The van der Waals surface area contributed by atoms with Crippen LogP contribution in [-0.2, 0) is 23.7 Å². The Labute approximate surface area is 558 Å². The van der Waals surface area contributed by atoms with Crippen molar-refractivity contribution in [2.24, 2.45) is 0 Å². The van der Waals surface area contributed by atoms with Gasteiger partial charge in [0.15, 0.2) is 35.6 Å². The van der Waals surface area contributed by atoms with E-state index in [0.29, 0.717) is 74.1 Å². The molecule has 0 saturated carbocycles. The summed E-state index contributed by atoms with van der Waals surface area (Å²) in [5, 5.41) is 67.2. The molecule has 2 aromatic rings. The molecule has 536 valence electrons. The molecule has 2 heterocycles. The number of carbonyl (C=O) groups excluding carboxylic acids is 2. The lowest BCUT2D eigenvalue weighted by atomic mass is 9.98. The molecular formula is C74H126O19. The van der Waals surface area contributed by atoms with E-state index in [2.05, 4.69) is 41.5 Å². The zero-order chi connectivity index (χ0) is 67.3. The molecule has 2 aromatic carbocycles. The van der Waals surface area contributed by atoms with Gasteiger partial charge < -0.3 is 82.7 Å². The first-order chi connectivity index (χ1) is 45.3. The number of esters is 2. The van der Waals surface area contributed by atoms with Crippen molar-refractivity contribution in [3.05, 3.63) is 35.4 Å². The van der Waals surface area contributed by atoms with E-state index >= 15 is 0 Å². The molecule has 0 radical (unpaired) electrons. The summed E-state index contributed by atoms with van der Waals surface area (Å²) in [5.41, 5.74) is 0.155. The summed E-state index contributed by atoms with van der Waals surface area (Å²) in [6, 6.07) is 6.23. The number of unbranched alkanes of at least 4 members (excludes halogenated alkanes) is 30. The minimum atomic E-state index is -1.95. The highest BCUT2D eigenvalue weighted by Gasteiger charge is 2.50. The van der Waals surface area contributed by atoms with Crippen LogP contribution < -0.4 is 28.4 Å². The van der Waals surface area contributed by atoms with Crippen LogP contribution in [0.5, 0.6) is 34.5 Å². The Morgan fingerprint density at radius 1 is 0.312 bits per heavy atom. The van der Waals surface area contributed by atoms with Crippen LogP contribution in [0, 0.1) is 0 Å². The number of aliphatic hydroxyl groups is 6.